The van der Waals surface area contributed by atoms with Crippen LogP contribution >= 0.6 is 0 Å². The molecule has 0 radical (unpaired) electrons. The van der Waals surface area contributed by atoms with Crippen LogP contribution in [0.3, 0.4) is 0 Å². The number of sulfonamides is 1. The van der Waals surface area contributed by atoms with Crippen molar-refractivity contribution in [2.75, 3.05) is 33.1 Å². The van der Waals surface area contributed by atoms with Crippen molar-refractivity contribution in [1.82, 2.24) is 14.5 Å². The molecule has 0 aromatic carbocycles. The lowest BCUT2D eigenvalue weighted by Crippen LogP contribution is -2.31. The van der Waals surface area contributed by atoms with Gasteiger partial charge in [-0.05, 0) is 12.0 Å². The molecule has 0 unspecified atom stereocenters. The minimum absolute atomic E-state index is 0.215. The lowest BCUT2D eigenvalue weighted by molar-refractivity contribution is 0.0429. The minimum Gasteiger partial charge on any atom is -0.383 e. The van der Waals surface area contributed by atoms with Crippen LogP contribution in [0.4, 0.5) is 0 Å². The molecule has 1 N–H and O–H groups in total. The molecule has 0 amide bonds. The molecule has 0 aliphatic carbocycles. The molecular formula is C11H19N3O4S. The van der Waals surface area contributed by atoms with Gasteiger partial charge in [0.15, 0.2) is 0 Å². The Bertz CT molecular complexity index is 526. The molecule has 1 atom stereocenters. The van der Waals surface area contributed by atoms with E-state index in [0.29, 0.717) is 19.8 Å². The molecule has 1 aliphatic rings. The van der Waals surface area contributed by atoms with Crippen LogP contribution in [0.1, 0.15) is 17.4 Å². The Morgan fingerprint density at radius 3 is 3.11 bits per heavy atom. The molecule has 19 heavy (non-hydrogen) atoms. The maximum atomic E-state index is 11.1. The zero-order chi connectivity index (χ0) is 13.9. The van der Waals surface area contributed by atoms with Crippen molar-refractivity contribution in [3.8, 4) is 0 Å². The fourth-order valence-corrected chi connectivity index (χ4v) is 2.47. The molecule has 0 saturated heterocycles. The summed E-state index contributed by atoms with van der Waals surface area (Å²) in [5.41, 5.74) is 1.93. The van der Waals surface area contributed by atoms with Gasteiger partial charge in [-0.3, -0.25) is 4.68 Å². The molecule has 2 rings (SSSR count). The number of fused-ring (bicyclic) bond motifs is 1. The van der Waals surface area contributed by atoms with E-state index in [-0.39, 0.29) is 12.6 Å². The average Bonchev–Trinajstić information content (AvgIpc) is 2.76. The van der Waals surface area contributed by atoms with Gasteiger partial charge in [0, 0.05) is 19.9 Å². The lowest BCUT2D eigenvalue weighted by Gasteiger charge is -2.21. The number of aromatic nitrogens is 2. The first-order valence-electron chi connectivity index (χ1n) is 6.11. The molecule has 2 heterocycles. The summed E-state index contributed by atoms with van der Waals surface area (Å²) in [4.78, 5) is 0. The lowest BCUT2D eigenvalue weighted by atomic mass is 10.1. The Morgan fingerprint density at radius 2 is 2.42 bits per heavy atom. The van der Waals surface area contributed by atoms with Gasteiger partial charge in [0.25, 0.3) is 0 Å². The van der Waals surface area contributed by atoms with E-state index in [0.717, 1.165) is 23.9 Å². The first-order chi connectivity index (χ1) is 8.99. The van der Waals surface area contributed by atoms with Gasteiger partial charge in [0.2, 0.25) is 10.0 Å². The molecule has 7 nitrogen and oxygen atoms in total. The predicted octanol–water partition coefficient (Wildman–Crippen LogP) is -0.307. The highest BCUT2D eigenvalue weighted by molar-refractivity contribution is 7.88. The molecule has 1 aromatic rings. The number of ether oxygens (including phenoxy) is 2. The third-order valence-corrected chi connectivity index (χ3v) is 3.61. The predicted molar refractivity (Wildman–Crippen MR) is 69.3 cm³/mol. The monoisotopic (exact) mass is 289 g/mol. The molecule has 0 saturated carbocycles. The van der Waals surface area contributed by atoms with Gasteiger partial charge in [-0.25, -0.2) is 13.1 Å². The highest BCUT2D eigenvalue weighted by atomic mass is 32.2. The largest absolute Gasteiger partial charge is 0.383 e. The van der Waals surface area contributed by atoms with Gasteiger partial charge in [-0.1, -0.05) is 0 Å². The van der Waals surface area contributed by atoms with Gasteiger partial charge >= 0.3 is 0 Å². The van der Waals surface area contributed by atoms with Gasteiger partial charge in [-0.15, -0.1) is 0 Å². The third kappa shape index (κ3) is 4.00. The summed E-state index contributed by atoms with van der Waals surface area (Å²) < 4.78 is 37.1. The van der Waals surface area contributed by atoms with Crippen LogP contribution in [0.15, 0.2) is 6.20 Å². The van der Waals surface area contributed by atoms with E-state index in [2.05, 4.69) is 9.82 Å². The van der Waals surface area contributed by atoms with E-state index in [9.17, 15) is 8.42 Å². The summed E-state index contributed by atoms with van der Waals surface area (Å²) in [5, 5.41) is 4.45. The summed E-state index contributed by atoms with van der Waals surface area (Å²) in [6.07, 6.45) is 3.60. The fourth-order valence-electron chi connectivity index (χ4n) is 2.01. The van der Waals surface area contributed by atoms with Crippen molar-refractivity contribution in [2.24, 2.45) is 0 Å². The molecule has 108 valence electrons. The number of rotatable bonds is 6. The number of nitrogens with zero attached hydrogens (tertiary/aromatic N) is 2. The number of nitrogens with one attached hydrogen (secondary N) is 1. The van der Waals surface area contributed by atoms with E-state index < -0.39 is 10.0 Å². The van der Waals surface area contributed by atoms with Crippen LogP contribution in [0, 0.1) is 0 Å². The molecule has 0 bridgehead atoms. The Kier molecular flexibility index (Phi) is 4.56. The molecule has 1 aliphatic heterocycles. The van der Waals surface area contributed by atoms with Gasteiger partial charge in [0.1, 0.15) is 6.10 Å². The summed E-state index contributed by atoms with van der Waals surface area (Å²) >= 11 is 0. The second kappa shape index (κ2) is 6.00. The summed E-state index contributed by atoms with van der Waals surface area (Å²) in [6.45, 7) is 2.07. The second-order valence-electron chi connectivity index (χ2n) is 4.53. The SMILES string of the molecule is COCCn1cc2c(n1)[C@@H](CNS(C)(=O)=O)OCC2. The van der Waals surface area contributed by atoms with Crippen LogP contribution in [0.25, 0.3) is 0 Å². The first kappa shape index (κ1) is 14.4. The van der Waals surface area contributed by atoms with E-state index in [1.807, 2.05) is 10.9 Å². The fraction of sp³-hybridized carbons (Fsp3) is 0.727. The van der Waals surface area contributed by atoms with Crippen LogP contribution < -0.4 is 4.72 Å². The van der Waals surface area contributed by atoms with Gasteiger partial charge in [0.05, 0.1) is 31.7 Å². The average molecular weight is 289 g/mol. The number of hydrogen-bond donors (Lipinski definition) is 1. The van der Waals surface area contributed by atoms with E-state index in [1.165, 1.54) is 0 Å². The Morgan fingerprint density at radius 1 is 1.63 bits per heavy atom. The topological polar surface area (TPSA) is 82.5 Å². The van der Waals surface area contributed by atoms with E-state index in [1.54, 1.807) is 7.11 Å². The van der Waals surface area contributed by atoms with Crippen molar-refractivity contribution >= 4 is 10.0 Å². The molecule has 0 fully saturated rings. The Labute approximate surface area is 112 Å². The molecular weight excluding hydrogens is 270 g/mol. The normalized spacial score (nSPS) is 19.4. The maximum Gasteiger partial charge on any atom is 0.208 e. The second-order valence-corrected chi connectivity index (χ2v) is 6.36. The van der Waals surface area contributed by atoms with Crippen molar-refractivity contribution in [3.63, 3.8) is 0 Å². The van der Waals surface area contributed by atoms with Crippen LogP contribution in [0.2, 0.25) is 0 Å². The minimum atomic E-state index is -3.22. The number of methoxy groups -OCH3 is 1. The van der Waals surface area contributed by atoms with Gasteiger partial charge in [-0.2, -0.15) is 5.10 Å². The summed E-state index contributed by atoms with van der Waals surface area (Å²) in [6, 6.07) is 0. The standard InChI is InChI=1S/C11H19N3O4S/c1-17-6-4-14-8-9-3-5-18-10(11(9)13-14)7-12-19(2,15)16/h8,10,12H,3-7H2,1-2H3/t10-/m1/s1. The quantitative estimate of drug-likeness (QED) is 0.777. The summed E-state index contributed by atoms with van der Waals surface area (Å²) in [7, 11) is -1.57. The highest BCUT2D eigenvalue weighted by Gasteiger charge is 2.25. The van der Waals surface area contributed by atoms with Gasteiger partial charge < -0.3 is 9.47 Å². The number of hydrogen-bond acceptors (Lipinski definition) is 5. The Balaban J connectivity index is 2.07. The zero-order valence-electron chi connectivity index (χ0n) is 11.1. The van der Waals surface area contributed by atoms with Crippen molar-refractivity contribution in [1.29, 1.82) is 0 Å². The van der Waals surface area contributed by atoms with Crippen LogP contribution in [0.5, 0.6) is 0 Å². The maximum absolute atomic E-state index is 11.1. The zero-order valence-corrected chi connectivity index (χ0v) is 11.9. The molecule has 0 spiro atoms. The third-order valence-electron chi connectivity index (χ3n) is 2.92. The van der Waals surface area contributed by atoms with Crippen LogP contribution in [-0.4, -0.2) is 51.3 Å². The summed E-state index contributed by atoms with van der Waals surface area (Å²) in [5.74, 6) is 0. The van der Waals surface area contributed by atoms with Crippen LogP contribution in [-0.2, 0) is 32.5 Å². The molecule has 1 aromatic heterocycles. The van der Waals surface area contributed by atoms with Crippen molar-refractivity contribution in [3.05, 3.63) is 17.5 Å². The first-order valence-corrected chi connectivity index (χ1v) is 8.00. The smallest absolute Gasteiger partial charge is 0.208 e. The van der Waals surface area contributed by atoms with Crippen molar-refractivity contribution < 1.29 is 17.9 Å². The Hall–Kier alpha value is -0.960. The van der Waals surface area contributed by atoms with E-state index in [4.69, 9.17) is 9.47 Å². The molecule has 8 heteroatoms. The highest BCUT2D eigenvalue weighted by Crippen LogP contribution is 2.25. The van der Waals surface area contributed by atoms with Crippen molar-refractivity contribution in [2.45, 2.75) is 19.1 Å². The van der Waals surface area contributed by atoms with E-state index >= 15 is 0 Å².